The number of nitrogens with two attached hydrogens (primary N) is 2. The molecule has 0 spiro atoms. The minimum Gasteiger partial charge on any atom is -0.457 e. The van der Waals surface area contributed by atoms with Crippen LogP contribution in [-0.2, 0) is 16.0 Å². The van der Waals surface area contributed by atoms with Crippen LogP contribution in [0.15, 0.2) is 72.8 Å². The van der Waals surface area contributed by atoms with Crippen LogP contribution in [-0.4, -0.2) is 17.9 Å². The molecule has 0 radical (unpaired) electrons. The number of carbonyl (C=O) groups excluding carboxylic acids is 2. The lowest BCUT2D eigenvalue weighted by atomic mass is 10.0. The summed E-state index contributed by atoms with van der Waals surface area (Å²) in [6.07, 6.45) is 2.25. The van der Waals surface area contributed by atoms with Crippen molar-refractivity contribution in [3.05, 3.63) is 89.5 Å². The number of fused-ring (bicyclic) bond motifs is 1. The number of amides is 2. The van der Waals surface area contributed by atoms with E-state index in [0.29, 0.717) is 23.5 Å². The summed E-state index contributed by atoms with van der Waals surface area (Å²) >= 11 is 0. The third-order valence-corrected chi connectivity index (χ3v) is 4.88. The first-order valence-corrected chi connectivity index (χ1v) is 9.54. The largest absolute Gasteiger partial charge is 0.457 e. The van der Waals surface area contributed by atoms with Gasteiger partial charge < -0.3 is 21.5 Å². The average Bonchev–Trinajstić information content (AvgIpc) is 3.06. The predicted octanol–water partition coefficient (Wildman–Crippen LogP) is 3.75. The van der Waals surface area contributed by atoms with Crippen LogP contribution < -0.4 is 21.5 Å². The van der Waals surface area contributed by atoms with E-state index in [4.69, 9.17) is 16.2 Å². The first kappa shape index (κ1) is 22.1. The molecule has 6 nitrogen and oxygen atoms in total. The van der Waals surface area contributed by atoms with Crippen LogP contribution in [0.3, 0.4) is 0 Å². The highest BCUT2D eigenvalue weighted by atomic mass is 35.5. The molecule has 5 N–H and O–H groups in total. The second kappa shape index (κ2) is 9.47. The van der Waals surface area contributed by atoms with E-state index in [0.717, 1.165) is 22.4 Å². The minimum atomic E-state index is -0.702. The van der Waals surface area contributed by atoms with E-state index in [1.54, 1.807) is 0 Å². The lowest BCUT2D eigenvalue weighted by Gasteiger charge is -2.09. The molecule has 31 heavy (non-hydrogen) atoms. The summed E-state index contributed by atoms with van der Waals surface area (Å²) in [5.41, 5.74) is 15.1. The van der Waals surface area contributed by atoms with Gasteiger partial charge in [0.15, 0.2) is 0 Å². The predicted molar refractivity (Wildman–Crippen MR) is 124 cm³/mol. The lowest BCUT2D eigenvalue weighted by Crippen LogP contribution is -2.38. The van der Waals surface area contributed by atoms with Crippen LogP contribution in [0.25, 0.3) is 11.6 Å². The van der Waals surface area contributed by atoms with Crippen LogP contribution >= 0.6 is 12.4 Å². The van der Waals surface area contributed by atoms with Gasteiger partial charge in [-0.2, -0.15) is 0 Å². The molecule has 0 saturated heterocycles. The fourth-order valence-corrected chi connectivity index (χ4v) is 3.27. The van der Waals surface area contributed by atoms with Crippen molar-refractivity contribution in [2.75, 3.05) is 5.32 Å². The molecule has 0 aliphatic carbocycles. The van der Waals surface area contributed by atoms with E-state index in [9.17, 15) is 9.59 Å². The molecule has 1 aliphatic heterocycles. The van der Waals surface area contributed by atoms with Crippen molar-refractivity contribution in [2.24, 2.45) is 11.5 Å². The van der Waals surface area contributed by atoms with Gasteiger partial charge in [-0.25, -0.2) is 0 Å². The Labute approximate surface area is 186 Å². The molecule has 0 fully saturated rings. The maximum atomic E-state index is 12.2. The van der Waals surface area contributed by atoms with Crippen LogP contribution in [0.5, 0.6) is 11.5 Å². The summed E-state index contributed by atoms with van der Waals surface area (Å²) in [7, 11) is 0. The number of carbonyl (C=O) groups is 2. The SMILES string of the molecule is Cl.NC(=O)C(N)Cc1ccc(Oc2ccc(/C=C3/C(=O)Nc4ccccc43)cc2)cc1. The monoisotopic (exact) mass is 435 g/mol. The zero-order valence-electron chi connectivity index (χ0n) is 16.6. The summed E-state index contributed by atoms with van der Waals surface area (Å²) in [6.45, 7) is 0. The zero-order valence-corrected chi connectivity index (χ0v) is 17.4. The number of rotatable bonds is 6. The Morgan fingerprint density at radius 1 is 0.968 bits per heavy atom. The third kappa shape index (κ3) is 5.12. The first-order chi connectivity index (χ1) is 14.5. The first-order valence-electron chi connectivity index (χ1n) is 9.54. The topological polar surface area (TPSA) is 107 Å². The second-order valence-corrected chi connectivity index (χ2v) is 7.09. The highest BCUT2D eigenvalue weighted by molar-refractivity contribution is 6.34. The van der Waals surface area contributed by atoms with Crippen LogP contribution in [0, 0.1) is 0 Å². The van der Waals surface area contributed by atoms with Gasteiger partial charge in [0.1, 0.15) is 11.5 Å². The number of benzene rings is 3. The molecular formula is C24H22ClN3O3. The molecule has 4 rings (SSSR count). The molecule has 3 aromatic rings. The van der Waals surface area contributed by atoms with Crippen molar-refractivity contribution < 1.29 is 14.3 Å². The fourth-order valence-electron chi connectivity index (χ4n) is 3.27. The van der Waals surface area contributed by atoms with Crippen molar-refractivity contribution in [3.63, 3.8) is 0 Å². The van der Waals surface area contributed by atoms with Gasteiger partial charge in [-0.1, -0.05) is 42.5 Å². The number of halogens is 1. The van der Waals surface area contributed by atoms with E-state index in [-0.39, 0.29) is 18.3 Å². The van der Waals surface area contributed by atoms with Gasteiger partial charge in [0, 0.05) is 16.8 Å². The van der Waals surface area contributed by atoms with E-state index < -0.39 is 11.9 Å². The number of ether oxygens (including phenoxy) is 1. The van der Waals surface area contributed by atoms with Crippen LogP contribution in [0.2, 0.25) is 0 Å². The van der Waals surface area contributed by atoms with Crippen molar-refractivity contribution in [2.45, 2.75) is 12.5 Å². The fraction of sp³-hybridized carbons (Fsp3) is 0.0833. The molecule has 7 heteroatoms. The number of primary amides is 1. The van der Waals surface area contributed by atoms with E-state index in [2.05, 4.69) is 5.32 Å². The molecule has 0 aromatic heterocycles. The van der Waals surface area contributed by atoms with Crippen LogP contribution in [0.1, 0.15) is 16.7 Å². The van der Waals surface area contributed by atoms with Gasteiger partial charge in [-0.05, 0) is 54.0 Å². The zero-order chi connectivity index (χ0) is 21.1. The van der Waals surface area contributed by atoms with Gasteiger partial charge in [-0.3, -0.25) is 9.59 Å². The highest BCUT2D eigenvalue weighted by Crippen LogP contribution is 2.33. The van der Waals surface area contributed by atoms with Gasteiger partial charge >= 0.3 is 0 Å². The maximum absolute atomic E-state index is 12.2. The van der Waals surface area contributed by atoms with Crippen LogP contribution in [0.4, 0.5) is 5.69 Å². The van der Waals surface area contributed by atoms with E-state index in [1.807, 2.05) is 78.9 Å². The maximum Gasteiger partial charge on any atom is 0.256 e. The summed E-state index contributed by atoms with van der Waals surface area (Å²) in [4.78, 5) is 23.3. The molecule has 1 unspecified atom stereocenters. The van der Waals surface area contributed by atoms with Gasteiger partial charge in [0.2, 0.25) is 5.91 Å². The number of nitrogens with one attached hydrogen (secondary N) is 1. The van der Waals surface area contributed by atoms with Crippen molar-refractivity contribution in [3.8, 4) is 11.5 Å². The van der Waals surface area contributed by atoms with Gasteiger partial charge in [-0.15, -0.1) is 12.4 Å². The Morgan fingerprint density at radius 2 is 1.58 bits per heavy atom. The minimum absolute atomic E-state index is 0. The molecule has 0 saturated carbocycles. The van der Waals surface area contributed by atoms with Gasteiger partial charge in [0.05, 0.1) is 6.04 Å². The summed E-state index contributed by atoms with van der Waals surface area (Å²) in [6, 6.07) is 21.8. The molecular weight excluding hydrogens is 414 g/mol. The number of anilines is 1. The molecule has 1 aliphatic rings. The Hall–Kier alpha value is -3.61. The smallest absolute Gasteiger partial charge is 0.256 e. The number of hydrogen-bond donors (Lipinski definition) is 3. The molecule has 1 atom stereocenters. The quantitative estimate of drug-likeness (QED) is 0.512. The van der Waals surface area contributed by atoms with E-state index >= 15 is 0 Å². The van der Waals surface area contributed by atoms with Crippen molar-refractivity contribution in [1.82, 2.24) is 0 Å². The Bertz CT molecular complexity index is 1130. The Balaban J connectivity index is 0.00000272. The summed E-state index contributed by atoms with van der Waals surface area (Å²) in [5.74, 6) is 0.716. The Morgan fingerprint density at radius 3 is 2.23 bits per heavy atom. The summed E-state index contributed by atoms with van der Waals surface area (Å²) < 4.78 is 5.87. The number of para-hydroxylation sites is 1. The third-order valence-electron chi connectivity index (χ3n) is 4.88. The molecule has 1 heterocycles. The highest BCUT2D eigenvalue weighted by Gasteiger charge is 2.23. The second-order valence-electron chi connectivity index (χ2n) is 7.09. The van der Waals surface area contributed by atoms with Crippen molar-refractivity contribution >= 4 is 41.6 Å². The van der Waals surface area contributed by atoms with Gasteiger partial charge in [0.25, 0.3) is 5.91 Å². The molecule has 158 valence electrons. The Kier molecular flexibility index (Phi) is 6.74. The number of hydrogen-bond acceptors (Lipinski definition) is 4. The molecule has 3 aromatic carbocycles. The lowest BCUT2D eigenvalue weighted by molar-refractivity contribution is -0.119. The van der Waals surface area contributed by atoms with E-state index in [1.165, 1.54) is 0 Å². The molecule has 0 bridgehead atoms. The summed E-state index contributed by atoms with van der Waals surface area (Å²) in [5, 5.41) is 2.87. The normalized spacial score (nSPS) is 14.4. The molecule has 2 amide bonds. The standard InChI is InChI=1S/C24H21N3O3.ClH/c25-21(23(26)28)14-16-7-11-18(12-8-16)30-17-9-5-15(6-10-17)13-20-19-3-1-2-4-22(19)27-24(20)29;/h1-13,21H,14,25H2,(H2,26,28)(H,27,29);1H/b20-13+;. The average molecular weight is 436 g/mol. The van der Waals surface area contributed by atoms with Crippen molar-refractivity contribution in [1.29, 1.82) is 0 Å².